The maximum absolute atomic E-state index is 13.7. The summed E-state index contributed by atoms with van der Waals surface area (Å²) in [6.45, 7) is 7.70. The maximum Gasteiger partial charge on any atom is 0.165 e. The number of hydrogen-bond donors (Lipinski definition) is 1. The van der Waals surface area contributed by atoms with Crippen molar-refractivity contribution in [1.29, 1.82) is 0 Å². The zero-order chi connectivity index (χ0) is 12.3. The maximum atomic E-state index is 13.7. The van der Waals surface area contributed by atoms with E-state index in [1.807, 2.05) is 27.7 Å². The van der Waals surface area contributed by atoms with Gasteiger partial charge in [0, 0.05) is 11.6 Å². The number of rotatable bonds is 4. The molecule has 0 fully saturated rings. The molecule has 0 aliphatic rings. The summed E-state index contributed by atoms with van der Waals surface area (Å²) in [4.78, 5) is 0. The van der Waals surface area contributed by atoms with Gasteiger partial charge in [0.15, 0.2) is 11.6 Å². The van der Waals surface area contributed by atoms with Gasteiger partial charge >= 0.3 is 0 Å². The van der Waals surface area contributed by atoms with Crippen LogP contribution in [0.25, 0.3) is 0 Å². The quantitative estimate of drug-likeness (QED) is 0.852. The molecule has 0 unspecified atom stereocenters. The van der Waals surface area contributed by atoms with E-state index in [1.165, 1.54) is 6.07 Å². The monoisotopic (exact) mass is 225 g/mol. The van der Waals surface area contributed by atoms with Crippen LogP contribution in [0.3, 0.4) is 0 Å². The van der Waals surface area contributed by atoms with Crippen LogP contribution >= 0.6 is 0 Å². The van der Waals surface area contributed by atoms with E-state index >= 15 is 0 Å². The lowest BCUT2D eigenvalue weighted by molar-refractivity contribution is 0.0976. The second-order valence-corrected chi connectivity index (χ2v) is 4.66. The minimum atomic E-state index is -0.383. The van der Waals surface area contributed by atoms with Gasteiger partial charge in [0.2, 0.25) is 0 Å². The first-order chi connectivity index (χ1) is 7.37. The predicted molar refractivity (Wildman–Crippen MR) is 64.0 cm³/mol. The summed E-state index contributed by atoms with van der Waals surface area (Å²) in [6.07, 6.45) is 0.805. The highest BCUT2D eigenvalue weighted by molar-refractivity contribution is 5.37. The topological polar surface area (TPSA) is 35.2 Å². The van der Waals surface area contributed by atoms with Crippen LogP contribution in [0.1, 0.15) is 45.7 Å². The fraction of sp³-hybridized carbons (Fsp3) is 0.538. The normalized spacial score (nSPS) is 13.6. The summed E-state index contributed by atoms with van der Waals surface area (Å²) < 4.78 is 19.4. The second-order valence-electron chi connectivity index (χ2n) is 4.66. The molecule has 0 heterocycles. The molecule has 1 aromatic carbocycles. The smallest absolute Gasteiger partial charge is 0.165 e. The molecule has 2 nitrogen and oxygen atoms in total. The van der Waals surface area contributed by atoms with Crippen LogP contribution in [0.4, 0.5) is 4.39 Å². The zero-order valence-electron chi connectivity index (χ0n) is 10.4. The van der Waals surface area contributed by atoms with Crippen molar-refractivity contribution in [2.45, 2.75) is 45.8 Å². The molecule has 0 spiro atoms. The summed E-state index contributed by atoms with van der Waals surface area (Å²) in [6, 6.07) is 4.61. The highest BCUT2D eigenvalue weighted by Gasteiger charge is 2.22. The highest BCUT2D eigenvalue weighted by atomic mass is 19.1. The van der Waals surface area contributed by atoms with Gasteiger partial charge in [-0.2, -0.15) is 0 Å². The molecular formula is C13H20FNO. The summed E-state index contributed by atoms with van der Waals surface area (Å²) >= 11 is 0. The Hall–Kier alpha value is -1.09. The minimum Gasteiger partial charge on any atom is -0.484 e. The molecular weight excluding hydrogens is 205 g/mol. The summed E-state index contributed by atoms with van der Waals surface area (Å²) in [5.41, 5.74) is 6.12. The van der Waals surface area contributed by atoms with Crippen LogP contribution in [0.15, 0.2) is 18.2 Å². The largest absolute Gasteiger partial charge is 0.484 e. The van der Waals surface area contributed by atoms with Crippen LogP contribution < -0.4 is 10.5 Å². The van der Waals surface area contributed by atoms with Crippen LogP contribution in [-0.2, 0) is 0 Å². The van der Waals surface area contributed by atoms with Gasteiger partial charge in [-0.3, -0.25) is 0 Å². The third kappa shape index (κ3) is 2.95. The Morgan fingerprint density at radius 3 is 2.56 bits per heavy atom. The van der Waals surface area contributed by atoms with Gasteiger partial charge < -0.3 is 10.5 Å². The fourth-order valence-corrected chi connectivity index (χ4v) is 1.34. The lowest BCUT2D eigenvalue weighted by atomic mass is 10.0. The summed E-state index contributed by atoms with van der Waals surface area (Å²) in [7, 11) is 0. The van der Waals surface area contributed by atoms with E-state index in [4.69, 9.17) is 10.5 Å². The van der Waals surface area contributed by atoms with Gasteiger partial charge in [0.05, 0.1) is 0 Å². The third-order valence-corrected chi connectivity index (χ3v) is 2.72. The number of para-hydroxylation sites is 1. The van der Waals surface area contributed by atoms with E-state index in [-0.39, 0.29) is 23.2 Å². The molecule has 0 aliphatic carbocycles. The Kier molecular flexibility index (Phi) is 3.92. The van der Waals surface area contributed by atoms with Crippen molar-refractivity contribution in [2.24, 2.45) is 5.73 Å². The van der Waals surface area contributed by atoms with Crippen molar-refractivity contribution >= 4 is 0 Å². The van der Waals surface area contributed by atoms with Crippen LogP contribution in [0.5, 0.6) is 5.75 Å². The van der Waals surface area contributed by atoms with Crippen LogP contribution in [0.2, 0.25) is 0 Å². The first-order valence-electron chi connectivity index (χ1n) is 5.60. The van der Waals surface area contributed by atoms with Gasteiger partial charge in [-0.1, -0.05) is 19.1 Å². The Morgan fingerprint density at radius 1 is 1.44 bits per heavy atom. The van der Waals surface area contributed by atoms with Gasteiger partial charge in [-0.15, -0.1) is 0 Å². The Labute approximate surface area is 96.6 Å². The number of ether oxygens (including phenoxy) is 1. The van der Waals surface area contributed by atoms with E-state index in [0.29, 0.717) is 5.56 Å². The Bertz CT molecular complexity index is 361. The Balaban J connectivity index is 3.11. The lowest BCUT2D eigenvalue weighted by Crippen LogP contribution is -2.28. The predicted octanol–water partition coefficient (Wildman–Crippen LogP) is 3.41. The number of nitrogens with two attached hydrogens (primary N) is 1. The van der Waals surface area contributed by atoms with E-state index in [0.717, 1.165) is 6.42 Å². The van der Waals surface area contributed by atoms with Crippen molar-refractivity contribution < 1.29 is 9.13 Å². The molecule has 16 heavy (non-hydrogen) atoms. The minimum absolute atomic E-state index is 0.238. The van der Waals surface area contributed by atoms with E-state index in [2.05, 4.69) is 0 Å². The number of benzene rings is 1. The van der Waals surface area contributed by atoms with Gasteiger partial charge in [-0.25, -0.2) is 4.39 Å². The molecule has 3 heteroatoms. The third-order valence-electron chi connectivity index (χ3n) is 2.72. The van der Waals surface area contributed by atoms with Crippen LogP contribution in [0, 0.1) is 5.82 Å². The fourth-order valence-electron chi connectivity index (χ4n) is 1.34. The number of hydrogen-bond acceptors (Lipinski definition) is 2. The molecule has 0 amide bonds. The molecule has 1 rings (SSSR count). The molecule has 90 valence electrons. The lowest BCUT2D eigenvalue weighted by Gasteiger charge is -2.27. The molecule has 0 bridgehead atoms. The standard InChI is InChI=1S/C13H20FNO/c1-5-13(3,4)16-12-10(9(2)15)7-6-8-11(12)14/h6-9H,5,15H2,1-4H3/t9-/m0/s1. The van der Waals surface area contributed by atoms with Crippen molar-refractivity contribution in [1.82, 2.24) is 0 Å². The summed E-state index contributed by atoms with van der Waals surface area (Å²) in [5, 5.41) is 0. The molecule has 1 aromatic rings. The van der Waals surface area contributed by atoms with Gasteiger partial charge in [0.1, 0.15) is 5.60 Å². The zero-order valence-corrected chi connectivity index (χ0v) is 10.4. The van der Waals surface area contributed by atoms with Gasteiger partial charge in [0.25, 0.3) is 0 Å². The molecule has 0 saturated carbocycles. The van der Waals surface area contributed by atoms with Gasteiger partial charge in [-0.05, 0) is 33.3 Å². The van der Waals surface area contributed by atoms with Crippen molar-refractivity contribution in [2.75, 3.05) is 0 Å². The molecule has 0 aliphatic heterocycles. The molecule has 0 aromatic heterocycles. The first kappa shape index (κ1) is 13.0. The average Bonchev–Trinajstić information content (AvgIpc) is 2.20. The van der Waals surface area contributed by atoms with Crippen molar-refractivity contribution in [3.8, 4) is 5.75 Å². The van der Waals surface area contributed by atoms with E-state index in [9.17, 15) is 4.39 Å². The Morgan fingerprint density at radius 2 is 2.06 bits per heavy atom. The SMILES string of the molecule is CCC(C)(C)Oc1c(F)cccc1[C@H](C)N. The molecule has 2 N–H and O–H groups in total. The van der Waals surface area contributed by atoms with Crippen molar-refractivity contribution in [3.63, 3.8) is 0 Å². The van der Waals surface area contributed by atoms with E-state index < -0.39 is 0 Å². The van der Waals surface area contributed by atoms with Crippen LogP contribution in [-0.4, -0.2) is 5.60 Å². The van der Waals surface area contributed by atoms with E-state index in [1.54, 1.807) is 12.1 Å². The summed E-state index contributed by atoms with van der Waals surface area (Å²) in [5.74, 6) is -0.0688. The first-order valence-corrected chi connectivity index (χ1v) is 5.60. The molecule has 0 radical (unpaired) electrons. The van der Waals surface area contributed by atoms with Crippen molar-refractivity contribution in [3.05, 3.63) is 29.6 Å². The number of halogens is 1. The highest BCUT2D eigenvalue weighted by Crippen LogP contribution is 2.31. The molecule has 0 saturated heterocycles. The second kappa shape index (κ2) is 4.83. The average molecular weight is 225 g/mol. The molecule has 1 atom stereocenters.